The molecule has 1 atom stereocenters. The Morgan fingerprint density at radius 3 is 2.69 bits per heavy atom. The Bertz CT molecular complexity index is 1400. The molecular formula is C23H18N4O4S. The van der Waals surface area contributed by atoms with Crippen LogP contribution in [0.25, 0.3) is 33.1 Å². The molecule has 5 rings (SSSR count). The van der Waals surface area contributed by atoms with Crippen molar-refractivity contribution in [3.05, 3.63) is 70.6 Å². The van der Waals surface area contributed by atoms with E-state index in [1.807, 2.05) is 48.7 Å². The molecule has 0 saturated heterocycles. The van der Waals surface area contributed by atoms with Gasteiger partial charge < -0.3 is 13.7 Å². The summed E-state index contributed by atoms with van der Waals surface area (Å²) in [5, 5.41) is 14.6. The number of benzene rings is 1. The number of thiophene rings is 1. The maximum atomic E-state index is 13.1. The normalized spacial score (nSPS) is 12.2. The lowest BCUT2D eigenvalue weighted by molar-refractivity contribution is 0.0282. The average molecular weight is 446 g/mol. The molecule has 1 unspecified atom stereocenters. The fraction of sp³-hybridized carbons (Fsp3) is 0.174. The van der Waals surface area contributed by atoms with Crippen LogP contribution in [0.5, 0.6) is 0 Å². The number of aromatic nitrogens is 4. The Hall–Kier alpha value is -3.85. The Morgan fingerprint density at radius 2 is 1.94 bits per heavy atom. The number of carbonyl (C=O) groups is 1. The largest absolute Gasteiger partial charge is 0.449 e. The number of hydrogen-bond acceptors (Lipinski definition) is 9. The minimum Gasteiger partial charge on any atom is -0.449 e. The lowest BCUT2D eigenvalue weighted by Crippen LogP contribution is -2.11. The van der Waals surface area contributed by atoms with Gasteiger partial charge in [-0.25, -0.2) is 9.78 Å². The van der Waals surface area contributed by atoms with Crippen LogP contribution in [0, 0.1) is 13.8 Å². The van der Waals surface area contributed by atoms with Gasteiger partial charge in [-0.2, -0.15) is 0 Å². The van der Waals surface area contributed by atoms with E-state index in [0.29, 0.717) is 28.2 Å². The first-order valence-electron chi connectivity index (χ1n) is 9.92. The average Bonchev–Trinajstić information content (AvgIpc) is 3.55. The van der Waals surface area contributed by atoms with Crippen molar-refractivity contribution in [2.24, 2.45) is 0 Å². The fourth-order valence-corrected chi connectivity index (χ4v) is 3.98. The van der Waals surface area contributed by atoms with Crippen LogP contribution < -0.4 is 0 Å². The third kappa shape index (κ3) is 3.67. The summed E-state index contributed by atoms with van der Waals surface area (Å²) in [6, 6.07) is 13.3. The van der Waals surface area contributed by atoms with Gasteiger partial charge in [0.2, 0.25) is 5.89 Å². The predicted molar refractivity (Wildman–Crippen MR) is 118 cm³/mol. The number of ether oxygens (including phenoxy) is 1. The molecule has 32 heavy (non-hydrogen) atoms. The zero-order chi connectivity index (χ0) is 22.2. The molecule has 5 aromatic rings. The summed E-state index contributed by atoms with van der Waals surface area (Å²) < 4.78 is 16.7. The Kier molecular flexibility index (Phi) is 5.02. The lowest BCUT2D eigenvalue weighted by Gasteiger charge is -2.10. The molecule has 0 aliphatic heterocycles. The molecule has 0 aliphatic rings. The highest BCUT2D eigenvalue weighted by Crippen LogP contribution is 2.31. The first kappa shape index (κ1) is 20.1. The van der Waals surface area contributed by atoms with Crippen LogP contribution in [0.1, 0.15) is 40.5 Å². The quantitative estimate of drug-likeness (QED) is 0.324. The molecule has 0 radical (unpaired) electrons. The second-order valence-corrected chi connectivity index (χ2v) is 8.29. The van der Waals surface area contributed by atoms with Crippen LogP contribution in [0.2, 0.25) is 0 Å². The third-order valence-electron chi connectivity index (χ3n) is 4.98. The van der Waals surface area contributed by atoms with E-state index in [0.717, 1.165) is 16.0 Å². The van der Waals surface area contributed by atoms with E-state index >= 15 is 0 Å². The van der Waals surface area contributed by atoms with Crippen LogP contribution in [-0.2, 0) is 4.74 Å². The van der Waals surface area contributed by atoms with Crippen molar-refractivity contribution in [1.29, 1.82) is 0 Å². The number of pyridine rings is 1. The summed E-state index contributed by atoms with van der Waals surface area (Å²) in [5.74, 6) is 0.0212. The summed E-state index contributed by atoms with van der Waals surface area (Å²) in [4.78, 5) is 18.5. The van der Waals surface area contributed by atoms with E-state index in [1.54, 1.807) is 19.9 Å². The summed E-state index contributed by atoms with van der Waals surface area (Å²) in [6.07, 6.45) is -0.747. The van der Waals surface area contributed by atoms with E-state index in [4.69, 9.17) is 13.7 Å². The van der Waals surface area contributed by atoms with Crippen molar-refractivity contribution in [3.63, 3.8) is 0 Å². The van der Waals surface area contributed by atoms with Gasteiger partial charge in [-0.1, -0.05) is 28.9 Å². The Balaban J connectivity index is 1.44. The van der Waals surface area contributed by atoms with E-state index < -0.39 is 12.1 Å². The highest BCUT2D eigenvalue weighted by atomic mass is 32.1. The molecule has 8 nitrogen and oxygen atoms in total. The molecule has 4 aromatic heterocycles. The van der Waals surface area contributed by atoms with Gasteiger partial charge in [-0.05, 0) is 50.4 Å². The van der Waals surface area contributed by atoms with Gasteiger partial charge in [0.1, 0.15) is 0 Å². The molecule has 1 aromatic carbocycles. The summed E-state index contributed by atoms with van der Waals surface area (Å²) in [7, 11) is 0. The molecule has 0 amide bonds. The minimum atomic E-state index is -0.747. The number of hydrogen-bond donors (Lipinski definition) is 0. The van der Waals surface area contributed by atoms with Gasteiger partial charge >= 0.3 is 5.97 Å². The van der Waals surface area contributed by atoms with Crippen LogP contribution in [0.3, 0.4) is 0 Å². The number of esters is 1. The van der Waals surface area contributed by atoms with Crippen molar-refractivity contribution in [3.8, 4) is 22.0 Å². The first-order chi connectivity index (χ1) is 15.5. The van der Waals surface area contributed by atoms with E-state index in [1.165, 1.54) is 11.3 Å². The van der Waals surface area contributed by atoms with E-state index in [9.17, 15) is 4.79 Å². The van der Waals surface area contributed by atoms with Crippen LogP contribution in [0.15, 0.2) is 56.8 Å². The van der Waals surface area contributed by atoms with Crippen molar-refractivity contribution in [2.45, 2.75) is 26.9 Å². The molecule has 0 fully saturated rings. The first-order valence-corrected chi connectivity index (χ1v) is 10.8. The predicted octanol–water partition coefficient (Wildman–Crippen LogP) is 5.54. The van der Waals surface area contributed by atoms with Crippen LogP contribution in [0.4, 0.5) is 0 Å². The molecule has 0 aliphatic carbocycles. The fourth-order valence-electron chi connectivity index (χ4n) is 3.29. The zero-order valence-electron chi connectivity index (χ0n) is 17.5. The van der Waals surface area contributed by atoms with Gasteiger partial charge in [0, 0.05) is 5.56 Å². The Morgan fingerprint density at radius 1 is 1.12 bits per heavy atom. The summed E-state index contributed by atoms with van der Waals surface area (Å²) in [6.45, 7) is 5.44. The van der Waals surface area contributed by atoms with Crippen molar-refractivity contribution < 1.29 is 18.5 Å². The minimum absolute atomic E-state index is 0.208. The van der Waals surface area contributed by atoms with E-state index in [-0.39, 0.29) is 11.6 Å². The molecule has 160 valence electrons. The zero-order valence-corrected chi connectivity index (χ0v) is 18.3. The van der Waals surface area contributed by atoms with Gasteiger partial charge in [0.05, 0.1) is 27.2 Å². The number of fused-ring (bicyclic) bond motifs is 1. The third-order valence-corrected chi connectivity index (χ3v) is 5.87. The summed E-state index contributed by atoms with van der Waals surface area (Å²) in [5.41, 5.74) is 3.71. The maximum absolute atomic E-state index is 13.1. The van der Waals surface area contributed by atoms with Crippen LogP contribution >= 0.6 is 11.3 Å². The van der Waals surface area contributed by atoms with Gasteiger partial charge in [-0.3, -0.25) is 0 Å². The number of nitrogens with zero attached hydrogens (tertiary/aromatic N) is 4. The number of rotatable bonds is 5. The summed E-state index contributed by atoms with van der Waals surface area (Å²) >= 11 is 1.51. The second kappa shape index (κ2) is 8.01. The molecule has 0 saturated carbocycles. The van der Waals surface area contributed by atoms with Crippen molar-refractivity contribution in [2.75, 3.05) is 0 Å². The van der Waals surface area contributed by atoms with Crippen LogP contribution in [-0.4, -0.2) is 26.3 Å². The number of aryl methyl sites for hydroxylation is 2. The lowest BCUT2D eigenvalue weighted by atomic mass is 10.1. The molecular weight excluding hydrogens is 428 g/mol. The molecule has 0 N–H and O–H groups in total. The van der Waals surface area contributed by atoms with Crippen molar-refractivity contribution >= 4 is 28.4 Å². The molecule has 9 heteroatoms. The van der Waals surface area contributed by atoms with Gasteiger partial charge in [0.25, 0.3) is 11.6 Å². The second-order valence-electron chi connectivity index (χ2n) is 7.34. The Labute approximate surface area is 186 Å². The topological polar surface area (TPSA) is 104 Å². The SMILES string of the molecule is Cc1ccc(-c2nnc(C(C)OC(=O)c3cc(-c4cccs4)nc4onc(C)c34)o2)cc1. The smallest absolute Gasteiger partial charge is 0.339 e. The standard InChI is InChI=1S/C23H18N4O4S/c1-12-6-8-15(9-7-12)21-26-25-20(30-21)14(3)29-23(28)16-11-17(18-5-4-10-32-18)24-22-19(16)13(2)27-31-22/h4-11,14H,1-3H3. The maximum Gasteiger partial charge on any atom is 0.339 e. The molecule has 0 spiro atoms. The highest BCUT2D eigenvalue weighted by molar-refractivity contribution is 7.13. The molecule has 4 heterocycles. The van der Waals surface area contributed by atoms with Crippen molar-refractivity contribution in [1.82, 2.24) is 20.3 Å². The van der Waals surface area contributed by atoms with Gasteiger partial charge in [-0.15, -0.1) is 21.5 Å². The monoisotopic (exact) mass is 446 g/mol. The van der Waals surface area contributed by atoms with Gasteiger partial charge in [0.15, 0.2) is 6.10 Å². The highest BCUT2D eigenvalue weighted by Gasteiger charge is 2.25. The molecule has 0 bridgehead atoms. The van der Waals surface area contributed by atoms with E-state index in [2.05, 4.69) is 20.3 Å². The number of carbonyl (C=O) groups excluding carboxylic acids is 1.